The summed E-state index contributed by atoms with van der Waals surface area (Å²) in [5, 5.41) is 2.68. The largest absolute Gasteiger partial charge is 0.256 e. The molecule has 5 rings (SSSR count). The average Bonchev–Trinajstić information content (AvgIpc) is 3.00. The molecular formula is C32H35N. The van der Waals surface area contributed by atoms with E-state index in [2.05, 4.69) is 116 Å². The van der Waals surface area contributed by atoms with Crippen LogP contribution in [0.4, 0.5) is 0 Å². The van der Waals surface area contributed by atoms with E-state index >= 15 is 0 Å². The minimum absolute atomic E-state index is 0.103. The molecule has 33 heavy (non-hydrogen) atoms. The summed E-state index contributed by atoms with van der Waals surface area (Å²) in [5.41, 5.74) is 10.6. The number of aromatic nitrogens is 1. The molecule has 1 aliphatic carbocycles. The predicted molar refractivity (Wildman–Crippen MR) is 142 cm³/mol. The molecule has 0 unspecified atom stereocenters. The summed E-state index contributed by atoms with van der Waals surface area (Å²) in [4.78, 5) is 4.96. The summed E-state index contributed by atoms with van der Waals surface area (Å²) in [5.74, 6) is 0. The van der Waals surface area contributed by atoms with Crippen molar-refractivity contribution in [2.24, 2.45) is 0 Å². The fourth-order valence-electron chi connectivity index (χ4n) is 5.48. The number of pyridine rings is 1. The van der Waals surface area contributed by atoms with Crippen LogP contribution in [-0.2, 0) is 16.2 Å². The lowest BCUT2D eigenvalue weighted by molar-refractivity contribution is 0.590. The van der Waals surface area contributed by atoms with Crippen LogP contribution in [0.3, 0.4) is 0 Å². The molecule has 1 aliphatic rings. The van der Waals surface area contributed by atoms with Crippen LogP contribution in [0.1, 0.15) is 77.6 Å². The van der Waals surface area contributed by atoms with Gasteiger partial charge in [-0.2, -0.15) is 0 Å². The molecule has 0 fully saturated rings. The Morgan fingerprint density at radius 2 is 1.30 bits per heavy atom. The Hall–Kier alpha value is -2.93. The highest BCUT2D eigenvalue weighted by Crippen LogP contribution is 2.54. The smallest absolute Gasteiger partial charge is 0.0749 e. The van der Waals surface area contributed by atoms with Crippen LogP contribution in [0.25, 0.3) is 33.2 Å². The van der Waals surface area contributed by atoms with Crippen LogP contribution in [0.2, 0.25) is 0 Å². The van der Waals surface area contributed by atoms with E-state index in [9.17, 15) is 0 Å². The second kappa shape index (κ2) is 7.03. The Kier molecular flexibility index (Phi) is 4.67. The zero-order valence-corrected chi connectivity index (χ0v) is 21.3. The molecule has 1 nitrogen and oxygen atoms in total. The van der Waals surface area contributed by atoms with Gasteiger partial charge in [0.2, 0.25) is 0 Å². The molecule has 1 heteroatoms. The molecule has 1 heterocycles. The fraction of sp³-hybridized carbons (Fsp3) is 0.344. The van der Waals surface area contributed by atoms with Gasteiger partial charge in [0.25, 0.3) is 0 Å². The minimum Gasteiger partial charge on any atom is -0.256 e. The van der Waals surface area contributed by atoms with Crippen molar-refractivity contribution in [1.29, 1.82) is 0 Å². The molecular weight excluding hydrogens is 398 g/mol. The maximum Gasteiger partial charge on any atom is 0.0749 e. The molecule has 0 amide bonds. The first kappa shape index (κ1) is 21.9. The SMILES string of the molecule is CC(C)(C)c1cccc(-c2nccc3c2C(C)(C)c2c-3ccc3ccc(C(C)(C)C)cc23)c1. The molecule has 0 spiro atoms. The number of fused-ring (bicyclic) bond motifs is 5. The first-order valence-electron chi connectivity index (χ1n) is 12.1. The Labute approximate surface area is 198 Å². The zero-order valence-electron chi connectivity index (χ0n) is 21.3. The van der Waals surface area contributed by atoms with Crippen molar-refractivity contribution in [2.45, 2.75) is 71.6 Å². The van der Waals surface area contributed by atoms with Gasteiger partial charge in [-0.1, -0.05) is 104 Å². The minimum atomic E-state index is -0.137. The number of hydrogen-bond donors (Lipinski definition) is 0. The molecule has 0 atom stereocenters. The molecule has 3 aromatic carbocycles. The van der Waals surface area contributed by atoms with Crippen molar-refractivity contribution in [2.75, 3.05) is 0 Å². The zero-order chi connectivity index (χ0) is 23.8. The van der Waals surface area contributed by atoms with Gasteiger partial charge in [0, 0.05) is 17.2 Å². The average molecular weight is 434 g/mol. The van der Waals surface area contributed by atoms with Gasteiger partial charge in [-0.05, 0) is 67.1 Å². The highest BCUT2D eigenvalue weighted by atomic mass is 14.7. The van der Waals surface area contributed by atoms with E-state index in [-0.39, 0.29) is 16.2 Å². The lowest BCUT2D eigenvalue weighted by Gasteiger charge is -2.27. The van der Waals surface area contributed by atoms with Gasteiger partial charge in [-0.15, -0.1) is 0 Å². The topological polar surface area (TPSA) is 12.9 Å². The molecule has 1 aromatic heterocycles. The van der Waals surface area contributed by atoms with Crippen molar-refractivity contribution < 1.29 is 0 Å². The summed E-state index contributed by atoms with van der Waals surface area (Å²) in [6.07, 6.45) is 1.99. The third-order valence-corrected chi connectivity index (χ3v) is 7.38. The first-order valence-corrected chi connectivity index (χ1v) is 12.1. The lowest BCUT2D eigenvalue weighted by atomic mass is 9.77. The summed E-state index contributed by atoms with van der Waals surface area (Å²) in [7, 11) is 0. The molecule has 0 radical (unpaired) electrons. The number of nitrogens with zero attached hydrogens (tertiary/aromatic N) is 1. The van der Waals surface area contributed by atoms with Gasteiger partial charge in [0.1, 0.15) is 0 Å². The molecule has 0 saturated heterocycles. The first-order chi connectivity index (χ1) is 15.4. The monoisotopic (exact) mass is 433 g/mol. The van der Waals surface area contributed by atoms with Gasteiger partial charge in [-0.25, -0.2) is 0 Å². The number of hydrogen-bond acceptors (Lipinski definition) is 1. The fourth-order valence-corrected chi connectivity index (χ4v) is 5.48. The molecule has 0 aliphatic heterocycles. The lowest BCUT2D eigenvalue weighted by Crippen LogP contribution is -2.18. The van der Waals surface area contributed by atoms with E-state index in [1.807, 2.05) is 6.20 Å². The predicted octanol–water partition coefficient (Wildman–Crippen LogP) is 8.80. The molecule has 0 saturated carbocycles. The van der Waals surface area contributed by atoms with Crippen LogP contribution >= 0.6 is 0 Å². The van der Waals surface area contributed by atoms with E-state index in [1.54, 1.807) is 0 Å². The van der Waals surface area contributed by atoms with Crippen LogP contribution in [0.5, 0.6) is 0 Å². The molecule has 0 bridgehead atoms. The van der Waals surface area contributed by atoms with Gasteiger partial charge in [0.15, 0.2) is 0 Å². The van der Waals surface area contributed by atoms with E-state index < -0.39 is 0 Å². The van der Waals surface area contributed by atoms with Crippen LogP contribution in [-0.4, -0.2) is 4.98 Å². The maximum atomic E-state index is 4.96. The van der Waals surface area contributed by atoms with Crippen molar-refractivity contribution >= 4 is 10.8 Å². The highest BCUT2D eigenvalue weighted by molar-refractivity contribution is 5.99. The molecule has 168 valence electrons. The van der Waals surface area contributed by atoms with Gasteiger partial charge in [-0.3, -0.25) is 4.98 Å². The van der Waals surface area contributed by atoms with Gasteiger partial charge < -0.3 is 0 Å². The van der Waals surface area contributed by atoms with Crippen LogP contribution < -0.4 is 0 Å². The third kappa shape index (κ3) is 3.41. The van der Waals surface area contributed by atoms with Crippen LogP contribution in [0.15, 0.2) is 66.9 Å². The normalized spacial score (nSPS) is 14.9. The third-order valence-electron chi connectivity index (χ3n) is 7.38. The van der Waals surface area contributed by atoms with Crippen molar-refractivity contribution in [3.05, 3.63) is 89.1 Å². The maximum absolute atomic E-state index is 4.96. The second-order valence-corrected chi connectivity index (χ2v) is 12.2. The van der Waals surface area contributed by atoms with Gasteiger partial charge in [0.05, 0.1) is 5.69 Å². The van der Waals surface area contributed by atoms with Crippen LogP contribution in [0, 0.1) is 0 Å². The Balaban J connectivity index is 1.78. The number of benzene rings is 3. The van der Waals surface area contributed by atoms with E-state index in [1.165, 1.54) is 49.7 Å². The quantitative estimate of drug-likeness (QED) is 0.292. The second-order valence-electron chi connectivity index (χ2n) is 12.2. The molecule has 0 N–H and O–H groups in total. The van der Waals surface area contributed by atoms with E-state index in [0.717, 1.165) is 5.69 Å². The Morgan fingerprint density at radius 1 is 0.667 bits per heavy atom. The molecule has 4 aromatic rings. The van der Waals surface area contributed by atoms with Gasteiger partial charge >= 0.3 is 0 Å². The summed E-state index contributed by atoms with van der Waals surface area (Å²) in [6.45, 7) is 18.4. The van der Waals surface area contributed by atoms with Crippen molar-refractivity contribution in [3.8, 4) is 22.4 Å². The van der Waals surface area contributed by atoms with E-state index in [4.69, 9.17) is 4.98 Å². The Bertz CT molecular complexity index is 1390. The highest BCUT2D eigenvalue weighted by Gasteiger charge is 2.39. The summed E-state index contributed by atoms with van der Waals surface area (Å²) < 4.78 is 0. The summed E-state index contributed by atoms with van der Waals surface area (Å²) >= 11 is 0. The van der Waals surface area contributed by atoms with E-state index in [0.29, 0.717) is 0 Å². The van der Waals surface area contributed by atoms with Crippen molar-refractivity contribution in [3.63, 3.8) is 0 Å². The number of rotatable bonds is 1. The summed E-state index contributed by atoms with van der Waals surface area (Å²) in [6, 6.07) is 22.8. The Morgan fingerprint density at radius 3 is 2.00 bits per heavy atom. The van der Waals surface area contributed by atoms with Crippen molar-refractivity contribution in [1.82, 2.24) is 4.98 Å². The standard InChI is InChI=1S/C32H35N/c1-30(2,3)22-11-9-10-21(18-22)29-28-25(16-17-33-29)24-15-13-20-12-14-23(31(4,5)6)19-26(20)27(24)32(28,7)8/h9-19H,1-8H3.